The molecule has 2 aromatic carbocycles. The highest BCUT2D eigenvalue weighted by atomic mass is 35.5. The van der Waals surface area contributed by atoms with Crippen LogP contribution in [0.1, 0.15) is 37.0 Å². The predicted octanol–water partition coefficient (Wildman–Crippen LogP) is 5.07. The Morgan fingerprint density at radius 3 is 2.68 bits per heavy atom. The van der Waals surface area contributed by atoms with E-state index >= 15 is 0 Å². The van der Waals surface area contributed by atoms with E-state index in [0.29, 0.717) is 29.4 Å². The van der Waals surface area contributed by atoms with Gasteiger partial charge in [-0.2, -0.15) is 0 Å². The zero-order valence-electron chi connectivity index (χ0n) is 15.5. The molecule has 28 heavy (non-hydrogen) atoms. The SMILES string of the molecule is CC(OC(=O)N1CCCC(O)(C#Cc2cccc(Cl)c2)C1)c1ccc(Cl)cc1. The highest BCUT2D eigenvalue weighted by molar-refractivity contribution is 6.30. The second kappa shape index (κ2) is 8.87. The third kappa shape index (κ3) is 5.42. The van der Waals surface area contributed by atoms with Crippen molar-refractivity contribution in [3.8, 4) is 11.8 Å². The van der Waals surface area contributed by atoms with Crippen LogP contribution >= 0.6 is 23.2 Å². The number of β-amino-alcohol motifs (C(OH)–C–C–N with tert-alkyl or cyclic N) is 1. The summed E-state index contributed by atoms with van der Waals surface area (Å²) in [6.45, 7) is 2.43. The third-order valence-electron chi connectivity index (χ3n) is 4.61. The fourth-order valence-corrected chi connectivity index (χ4v) is 3.39. The Bertz CT molecular complexity index is 904. The van der Waals surface area contributed by atoms with Gasteiger partial charge in [0, 0.05) is 22.2 Å². The van der Waals surface area contributed by atoms with Gasteiger partial charge in [0.1, 0.15) is 11.7 Å². The van der Waals surface area contributed by atoms with Crippen molar-refractivity contribution in [2.75, 3.05) is 13.1 Å². The maximum atomic E-state index is 12.6. The number of hydrogen-bond donors (Lipinski definition) is 1. The molecule has 0 spiro atoms. The summed E-state index contributed by atoms with van der Waals surface area (Å²) in [6, 6.07) is 14.3. The lowest BCUT2D eigenvalue weighted by molar-refractivity contribution is 0.00189. The number of carbonyl (C=O) groups excluding carboxylic acids is 1. The number of piperidine rings is 1. The van der Waals surface area contributed by atoms with Gasteiger partial charge in [0.25, 0.3) is 0 Å². The highest BCUT2D eigenvalue weighted by Crippen LogP contribution is 2.24. The monoisotopic (exact) mass is 417 g/mol. The van der Waals surface area contributed by atoms with E-state index in [-0.39, 0.29) is 6.54 Å². The van der Waals surface area contributed by atoms with Crippen LogP contribution < -0.4 is 0 Å². The number of ether oxygens (including phenoxy) is 1. The minimum absolute atomic E-state index is 0.104. The molecule has 1 fully saturated rings. The number of rotatable bonds is 2. The standard InChI is InChI=1S/C22H21Cl2NO3/c1-16(18-6-8-19(23)9-7-18)28-21(26)25-13-3-11-22(27,15-25)12-10-17-4-2-5-20(24)14-17/h2,4-9,14,16,27H,3,11,13,15H2,1H3. The second-order valence-corrected chi connectivity index (χ2v) is 7.77. The van der Waals surface area contributed by atoms with Crippen LogP contribution in [0.5, 0.6) is 0 Å². The van der Waals surface area contributed by atoms with Crippen molar-refractivity contribution in [1.29, 1.82) is 0 Å². The van der Waals surface area contributed by atoms with Crippen molar-refractivity contribution in [1.82, 2.24) is 4.90 Å². The van der Waals surface area contributed by atoms with Crippen molar-refractivity contribution >= 4 is 29.3 Å². The van der Waals surface area contributed by atoms with E-state index in [1.165, 1.54) is 4.90 Å². The van der Waals surface area contributed by atoms with Crippen LogP contribution in [-0.2, 0) is 4.74 Å². The Kier molecular flexibility index (Phi) is 6.51. The van der Waals surface area contributed by atoms with E-state index < -0.39 is 17.8 Å². The molecule has 146 valence electrons. The lowest BCUT2D eigenvalue weighted by Crippen LogP contribution is -2.49. The number of aliphatic hydroxyl groups is 1. The summed E-state index contributed by atoms with van der Waals surface area (Å²) in [6.07, 6.45) is 0.254. The second-order valence-electron chi connectivity index (χ2n) is 6.89. The van der Waals surface area contributed by atoms with Gasteiger partial charge in [0.15, 0.2) is 0 Å². The third-order valence-corrected chi connectivity index (χ3v) is 5.10. The molecule has 2 atom stereocenters. The van der Waals surface area contributed by atoms with Crippen LogP contribution in [-0.4, -0.2) is 34.8 Å². The van der Waals surface area contributed by atoms with Crippen molar-refractivity contribution in [2.24, 2.45) is 0 Å². The van der Waals surface area contributed by atoms with Crippen molar-refractivity contribution in [3.05, 3.63) is 69.7 Å². The topological polar surface area (TPSA) is 49.8 Å². The number of hydrogen-bond acceptors (Lipinski definition) is 3. The van der Waals surface area contributed by atoms with E-state index in [4.69, 9.17) is 27.9 Å². The Morgan fingerprint density at radius 1 is 1.21 bits per heavy atom. The molecule has 1 heterocycles. The van der Waals surface area contributed by atoms with Crippen LogP contribution in [0.4, 0.5) is 4.79 Å². The predicted molar refractivity (Wildman–Crippen MR) is 110 cm³/mol. The fourth-order valence-electron chi connectivity index (χ4n) is 3.08. The van der Waals surface area contributed by atoms with Gasteiger partial charge >= 0.3 is 6.09 Å². The molecular formula is C22H21Cl2NO3. The van der Waals surface area contributed by atoms with Gasteiger partial charge in [0.2, 0.25) is 0 Å². The van der Waals surface area contributed by atoms with Gasteiger partial charge in [-0.25, -0.2) is 4.79 Å². The fraction of sp³-hybridized carbons (Fsp3) is 0.318. The van der Waals surface area contributed by atoms with Gasteiger partial charge in [-0.3, -0.25) is 0 Å². The van der Waals surface area contributed by atoms with Gasteiger partial charge in [-0.05, 0) is 55.7 Å². The first-order chi connectivity index (χ1) is 13.3. The lowest BCUT2D eigenvalue weighted by atomic mass is 9.93. The van der Waals surface area contributed by atoms with Crippen molar-refractivity contribution in [2.45, 2.75) is 31.5 Å². The number of likely N-dealkylation sites (tertiary alicyclic amines) is 1. The molecule has 2 aromatic rings. The number of amides is 1. The molecule has 6 heteroatoms. The normalized spacial score (nSPS) is 20.1. The number of nitrogens with zero attached hydrogens (tertiary/aromatic N) is 1. The summed E-state index contributed by atoms with van der Waals surface area (Å²) in [7, 11) is 0. The first-order valence-corrected chi connectivity index (χ1v) is 9.82. The first kappa shape index (κ1) is 20.5. The van der Waals surface area contributed by atoms with Crippen LogP contribution in [0.15, 0.2) is 48.5 Å². The van der Waals surface area contributed by atoms with E-state index in [9.17, 15) is 9.90 Å². The molecular weight excluding hydrogens is 397 g/mol. The van der Waals surface area contributed by atoms with Gasteiger partial charge in [-0.15, -0.1) is 0 Å². The molecule has 4 nitrogen and oxygen atoms in total. The molecule has 0 saturated carbocycles. The Hall–Kier alpha value is -2.19. The molecule has 3 rings (SSSR count). The summed E-state index contributed by atoms with van der Waals surface area (Å²) in [5.74, 6) is 5.85. The summed E-state index contributed by atoms with van der Waals surface area (Å²) in [4.78, 5) is 14.1. The molecule has 0 bridgehead atoms. The van der Waals surface area contributed by atoms with E-state index in [0.717, 1.165) is 11.1 Å². The average Bonchev–Trinajstić information content (AvgIpc) is 2.67. The van der Waals surface area contributed by atoms with Crippen molar-refractivity contribution in [3.63, 3.8) is 0 Å². The van der Waals surface area contributed by atoms with Gasteiger partial charge in [0.05, 0.1) is 6.54 Å². The smallest absolute Gasteiger partial charge is 0.410 e. The van der Waals surface area contributed by atoms with Crippen LogP contribution in [0.3, 0.4) is 0 Å². The molecule has 1 aliphatic rings. The summed E-state index contributed by atoms with van der Waals surface area (Å²) in [5.41, 5.74) is 0.297. The maximum Gasteiger partial charge on any atom is 0.410 e. The summed E-state index contributed by atoms with van der Waals surface area (Å²) in [5, 5.41) is 12.0. The lowest BCUT2D eigenvalue weighted by Gasteiger charge is -2.35. The molecule has 0 aromatic heterocycles. The molecule has 1 aliphatic heterocycles. The molecule has 0 radical (unpaired) electrons. The highest BCUT2D eigenvalue weighted by Gasteiger charge is 2.35. The van der Waals surface area contributed by atoms with E-state index in [2.05, 4.69) is 11.8 Å². The molecule has 1 saturated heterocycles. The Morgan fingerprint density at radius 2 is 1.96 bits per heavy atom. The Labute approximate surface area is 175 Å². The molecule has 1 N–H and O–H groups in total. The summed E-state index contributed by atoms with van der Waals surface area (Å²) >= 11 is 11.9. The zero-order valence-corrected chi connectivity index (χ0v) is 17.0. The zero-order chi connectivity index (χ0) is 20.1. The minimum Gasteiger partial charge on any atom is -0.442 e. The van der Waals surface area contributed by atoms with Gasteiger partial charge < -0.3 is 14.7 Å². The molecule has 0 aliphatic carbocycles. The average molecular weight is 418 g/mol. The van der Waals surface area contributed by atoms with E-state index in [1.54, 1.807) is 37.3 Å². The summed E-state index contributed by atoms with van der Waals surface area (Å²) < 4.78 is 5.55. The largest absolute Gasteiger partial charge is 0.442 e. The number of benzene rings is 2. The number of carbonyl (C=O) groups is 1. The van der Waals surface area contributed by atoms with Crippen LogP contribution in [0.2, 0.25) is 10.0 Å². The molecule has 1 amide bonds. The first-order valence-electron chi connectivity index (χ1n) is 9.07. The molecule has 2 unspecified atom stereocenters. The van der Waals surface area contributed by atoms with Crippen molar-refractivity contribution < 1.29 is 14.6 Å². The van der Waals surface area contributed by atoms with Gasteiger partial charge in [-0.1, -0.05) is 53.2 Å². The Balaban J connectivity index is 1.65. The van der Waals surface area contributed by atoms with E-state index in [1.807, 2.05) is 18.2 Å². The minimum atomic E-state index is -1.27. The maximum absolute atomic E-state index is 12.6. The quantitative estimate of drug-likeness (QED) is 0.693. The van der Waals surface area contributed by atoms with Crippen LogP contribution in [0, 0.1) is 11.8 Å². The van der Waals surface area contributed by atoms with Crippen LogP contribution in [0.25, 0.3) is 0 Å². The number of halogens is 2.